The second-order valence-corrected chi connectivity index (χ2v) is 12.8. The molecule has 4 aromatic rings. The number of aromatic nitrogens is 4. The minimum absolute atomic E-state index is 0. The maximum atomic E-state index is 8.24. The molecule has 4 aromatic heterocycles. The molecule has 2 atom stereocenters. The quantitative estimate of drug-likeness (QED) is 0.167. The van der Waals surface area contributed by atoms with Crippen molar-refractivity contribution >= 4 is 42.3 Å². The van der Waals surface area contributed by atoms with Gasteiger partial charge in [0.15, 0.2) is 11.6 Å². The summed E-state index contributed by atoms with van der Waals surface area (Å²) in [6, 6.07) is 12.8. The average Bonchev–Trinajstić information content (AvgIpc) is 3.01. The van der Waals surface area contributed by atoms with Crippen LogP contribution in [0.15, 0.2) is 48.8 Å². The summed E-state index contributed by atoms with van der Waals surface area (Å²) < 4.78 is 4.68. The number of hydrogen-bond acceptors (Lipinski definition) is 10. The highest BCUT2D eigenvalue weighted by Gasteiger charge is 2.31. The summed E-state index contributed by atoms with van der Waals surface area (Å²) in [7, 11) is 0.648. The van der Waals surface area contributed by atoms with Crippen LogP contribution in [0.1, 0.15) is 55.6 Å². The molecule has 2 saturated heterocycles. The van der Waals surface area contributed by atoms with E-state index in [9.17, 15) is 0 Å². The number of pyridine rings is 4. The summed E-state index contributed by atoms with van der Waals surface area (Å²) >= 11 is 5.97. The van der Waals surface area contributed by atoms with Crippen molar-refractivity contribution in [3.05, 3.63) is 76.5 Å². The van der Waals surface area contributed by atoms with Gasteiger partial charge >= 0.3 is 7.69 Å². The van der Waals surface area contributed by atoms with Gasteiger partial charge in [-0.05, 0) is 101 Å². The summed E-state index contributed by atoms with van der Waals surface area (Å²) in [6.45, 7) is 12.7. The fourth-order valence-electron chi connectivity index (χ4n) is 6.78. The number of fused-ring (bicyclic) bond motifs is 8. The van der Waals surface area contributed by atoms with Crippen LogP contribution in [0.3, 0.4) is 0 Å². The van der Waals surface area contributed by atoms with Crippen LogP contribution in [0.5, 0.6) is 5.75 Å². The van der Waals surface area contributed by atoms with Gasteiger partial charge in [0.2, 0.25) is 0 Å². The smallest absolute Gasteiger partial charge is 0.537 e. The Morgan fingerprint density at radius 3 is 1.98 bits per heavy atom. The number of anilines is 4. The zero-order valence-electron chi connectivity index (χ0n) is 26.9. The van der Waals surface area contributed by atoms with Crippen LogP contribution in [0.2, 0.25) is 5.15 Å². The summed E-state index contributed by atoms with van der Waals surface area (Å²) in [5.74, 6) is 2.61. The Hall–Kier alpha value is -4.09. The van der Waals surface area contributed by atoms with Crippen molar-refractivity contribution in [1.82, 2.24) is 19.9 Å². The average molecular weight is 656 g/mol. The predicted octanol–water partition coefficient (Wildman–Crippen LogP) is 6.52. The van der Waals surface area contributed by atoms with Gasteiger partial charge in [-0.25, -0.2) is 9.97 Å². The third-order valence-corrected chi connectivity index (χ3v) is 8.94. The van der Waals surface area contributed by atoms with Crippen molar-refractivity contribution in [3.63, 3.8) is 0 Å². The number of nitrogens with zero attached hydrogens (tertiary/aromatic N) is 6. The molecule has 47 heavy (non-hydrogen) atoms. The topological polar surface area (TPSA) is 112 Å². The lowest BCUT2D eigenvalue weighted by Gasteiger charge is -2.41. The highest BCUT2D eigenvalue weighted by molar-refractivity contribution is 6.29. The molecule has 247 valence electrons. The largest absolute Gasteiger partial charge is 0.569 e. The fourth-order valence-corrected chi connectivity index (χ4v) is 7.03. The SMILES string of the molecule is C.Cc1cc(-c2cc(C)c3c(n2)N[C@H]2CCCN3C2)ccn1.Cc1cc(Cl)nc2c1N1CCC[C@@H](C1)N2.Cc1cc(O[B]O)ccn1. The van der Waals surface area contributed by atoms with Gasteiger partial charge in [0.25, 0.3) is 0 Å². The molecular formula is C35H45BClN8O2. The summed E-state index contributed by atoms with van der Waals surface area (Å²) in [5, 5.41) is 15.9. The van der Waals surface area contributed by atoms with Gasteiger partial charge in [-0.2, -0.15) is 0 Å². The van der Waals surface area contributed by atoms with E-state index in [1.165, 1.54) is 48.2 Å². The molecule has 0 amide bonds. The minimum atomic E-state index is 0. The first-order chi connectivity index (χ1) is 22.3. The molecular weight excluding hydrogens is 611 g/mol. The van der Waals surface area contributed by atoms with Crippen molar-refractivity contribution in [2.45, 2.75) is 72.9 Å². The Kier molecular flexibility index (Phi) is 11.1. The van der Waals surface area contributed by atoms with E-state index in [0.717, 1.165) is 60.5 Å². The number of hydrogen-bond donors (Lipinski definition) is 3. The normalized spacial score (nSPS) is 18.3. The zero-order chi connectivity index (χ0) is 32.2. The molecule has 2 fully saturated rings. The highest BCUT2D eigenvalue weighted by atomic mass is 35.5. The Morgan fingerprint density at radius 1 is 0.809 bits per heavy atom. The monoisotopic (exact) mass is 655 g/mol. The summed E-state index contributed by atoms with van der Waals surface area (Å²) in [4.78, 5) is 22.4. The predicted molar refractivity (Wildman–Crippen MR) is 193 cm³/mol. The van der Waals surface area contributed by atoms with Crippen molar-refractivity contribution in [3.8, 4) is 17.0 Å². The van der Waals surface area contributed by atoms with Gasteiger partial charge in [-0.3, -0.25) is 9.97 Å². The minimum Gasteiger partial charge on any atom is -0.537 e. The van der Waals surface area contributed by atoms with Crippen molar-refractivity contribution in [2.75, 3.05) is 46.6 Å². The Balaban J connectivity index is 0.000000147. The molecule has 0 spiro atoms. The third-order valence-electron chi connectivity index (χ3n) is 8.74. The van der Waals surface area contributed by atoms with E-state index in [4.69, 9.17) is 21.6 Å². The van der Waals surface area contributed by atoms with Gasteiger partial charge < -0.3 is 30.1 Å². The Bertz CT molecular complexity index is 1690. The molecule has 4 aliphatic rings. The molecule has 0 unspecified atom stereocenters. The lowest BCUT2D eigenvalue weighted by atomic mass is 9.99. The van der Waals surface area contributed by atoms with Crippen molar-refractivity contribution in [1.29, 1.82) is 0 Å². The van der Waals surface area contributed by atoms with E-state index in [0.29, 0.717) is 30.7 Å². The summed E-state index contributed by atoms with van der Waals surface area (Å²) in [6.07, 6.45) is 8.49. The van der Waals surface area contributed by atoms with E-state index in [1.54, 1.807) is 18.3 Å². The van der Waals surface area contributed by atoms with Crippen LogP contribution in [-0.4, -0.2) is 70.9 Å². The van der Waals surface area contributed by atoms with Gasteiger partial charge in [0, 0.05) is 67.6 Å². The van der Waals surface area contributed by atoms with E-state index < -0.39 is 0 Å². The van der Waals surface area contributed by atoms with Gasteiger partial charge in [0.1, 0.15) is 10.9 Å². The van der Waals surface area contributed by atoms with Gasteiger partial charge in [-0.15, -0.1) is 0 Å². The van der Waals surface area contributed by atoms with Crippen LogP contribution in [0, 0.1) is 27.7 Å². The number of rotatable bonds is 3. The van der Waals surface area contributed by atoms with Crippen LogP contribution in [0.4, 0.5) is 23.0 Å². The molecule has 4 aliphatic heterocycles. The van der Waals surface area contributed by atoms with E-state index in [2.05, 4.69) is 66.0 Å². The number of aryl methyl sites for hydroxylation is 4. The van der Waals surface area contributed by atoms with Crippen LogP contribution < -0.4 is 25.1 Å². The first-order valence-electron chi connectivity index (χ1n) is 16.0. The lowest BCUT2D eigenvalue weighted by Crippen LogP contribution is -2.46. The lowest BCUT2D eigenvalue weighted by molar-refractivity contribution is 0.453. The van der Waals surface area contributed by atoms with Crippen LogP contribution >= 0.6 is 11.6 Å². The molecule has 1 radical (unpaired) electrons. The first-order valence-corrected chi connectivity index (χ1v) is 16.3. The fraction of sp³-hybridized carbons (Fsp3) is 0.429. The number of nitrogens with one attached hydrogen (secondary N) is 2. The maximum absolute atomic E-state index is 8.24. The molecule has 8 heterocycles. The zero-order valence-corrected chi connectivity index (χ0v) is 27.7. The Labute approximate surface area is 284 Å². The van der Waals surface area contributed by atoms with E-state index in [1.807, 2.05) is 32.2 Å². The molecule has 12 heteroatoms. The summed E-state index contributed by atoms with van der Waals surface area (Å²) in [5.41, 5.74) is 9.12. The number of piperidine rings is 2. The first kappa shape index (κ1) is 34.3. The van der Waals surface area contributed by atoms with Crippen molar-refractivity contribution in [2.24, 2.45) is 0 Å². The maximum Gasteiger partial charge on any atom is 0.569 e. The highest BCUT2D eigenvalue weighted by Crippen LogP contribution is 2.39. The van der Waals surface area contributed by atoms with E-state index in [-0.39, 0.29) is 7.43 Å². The molecule has 3 N–H and O–H groups in total. The third kappa shape index (κ3) is 8.08. The van der Waals surface area contributed by atoms with Crippen LogP contribution in [0.25, 0.3) is 11.3 Å². The molecule has 8 rings (SSSR count). The second kappa shape index (κ2) is 15.2. The second-order valence-electron chi connectivity index (χ2n) is 12.4. The van der Waals surface area contributed by atoms with Crippen molar-refractivity contribution < 1.29 is 9.68 Å². The molecule has 0 aliphatic carbocycles. The van der Waals surface area contributed by atoms with Crippen LogP contribution in [-0.2, 0) is 0 Å². The number of halogens is 1. The molecule has 0 saturated carbocycles. The molecule has 10 nitrogen and oxygen atoms in total. The van der Waals surface area contributed by atoms with E-state index >= 15 is 0 Å². The standard InChI is InChI=1S/C17H20N4.C11H14ClN3.C6H7BNO2.CH4/c1-11-8-15(13-5-6-18-12(2)9-13)20-17-16(11)21-7-3-4-14(10-21)19-17;1-7-5-9(12)14-11-10(7)15-4-2-3-8(6-15)13-11;1-5-4-6(10-7-9)2-3-8-5;/h5-6,8-9,14H,3-4,7,10H2,1-2H3,(H,19,20);5,8H,2-4,6H2,1H3,(H,13,14);2-4,9H,1H3;1H4/t14-;8-;;/m00../s1. The van der Waals surface area contributed by atoms with Gasteiger partial charge in [-0.1, -0.05) is 19.0 Å². The molecule has 0 aromatic carbocycles. The molecule has 4 bridgehead atoms. The Morgan fingerprint density at radius 2 is 1.38 bits per heavy atom. The van der Waals surface area contributed by atoms with Gasteiger partial charge in [0.05, 0.1) is 17.1 Å².